The maximum absolute atomic E-state index is 9.27. The maximum atomic E-state index is 9.27. The zero-order valence-electron chi connectivity index (χ0n) is 12.9. The highest BCUT2D eigenvalue weighted by Crippen LogP contribution is 2.27. The van der Waals surface area contributed by atoms with E-state index in [1.807, 2.05) is 67.7 Å². The molecule has 3 nitrogen and oxygen atoms in total. The van der Waals surface area contributed by atoms with Gasteiger partial charge in [-0.3, -0.25) is 4.98 Å². The van der Waals surface area contributed by atoms with Gasteiger partial charge in [0.25, 0.3) is 0 Å². The van der Waals surface area contributed by atoms with E-state index in [0.717, 1.165) is 22.4 Å². The first kappa shape index (κ1) is 14.8. The first-order chi connectivity index (χ1) is 11.3. The molecule has 2 aromatic carbocycles. The lowest BCUT2D eigenvalue weighted by atomic mass is 10.0. The number of ether oxygens (including phenoxy) is 1. The molecule has 0 saturated carbocycles. The number of benzene rings is 2. The molecule has 0 spiro atoms. The van der Waals surface area contributed by atoms with Crippen LogP contribution in [-0.2, 0) is 6.61 Å². The van der Waals surface area contributed by atoms with Crippen molar-refractivity contribution in [3.05, 3.63) is 83.7 Å². The maximum Gasteiger partial charge on any atom is 0.138 e. The third-order valence-corrected chi connectivity index (χ3v) is 3.58. The Hall–Kier alpha value is -3.12. The van der Waals surface area contributed by atoms with E-state index in [4.69, 9.17) is 4.74 Å². The van der Waals surface area contributed by atoms with Gasteiger partial charge in [-0.2, -0.15) is 5.26 Å². The quantitative estimate of drug-likeness (QED) is 0.712. The summed E-state index contributed by atoms with van der Waals surface area (Å²) in [6.45, 7) is 2.39. The highest BCUT2D eigenvalue weighted by Gasteiger charge is 2.07. The van der Waals surface area contributed by atoms with Gasteiger partial charge in [0, 0.05) is 17.5 Å². The highest BCUT2D eigenvalue weighted by atomic mass is 16.5. The van der Waals surface area contributed by atoms with Crippen LogP contribution in [0, 0.1) is 18.3 Å². The predicted molar refractivity (Wildman–Crippen MR) is 89.9 cm³/mol. The topological polar surface area (TPSA) is 45.9 Å². The van der Waals surface area contributed by atoms with Crippen molar-refractivity contribution in [3.8, 4) is 22.9 Å². The molecule has 1 aromatic heterocycles. The molecule has 3 aromatic rings. The van der Waals surface area contributed by atoms with Crippen LogP contribution in [0.1, 0.15) is 16.8 Å². The van der Waals surface area contributed by atoms with E-state index in [1.165, 1.54) is 0 Å². The summed E-state index contributed by atoms with van der Waals surface area (Å²) in [5.74, 6) is 0.592. The van der Waals surface area contributed by atoms with Crippen molar-refractivity contribution in [2.75, 3.05) is 0 Å². The molecule has 0 bridgehead atoms. The molecule has 0 aliphatic heterocycles. The van der Waals surface area contributed by atoms with Crippen molar-refractivity contribution >= 4 is 0 Å². The SMILES string of the molecule is Cc1ccc(-c2ccc(C#N)c(OCc3ccccc3)c2)cn1. The van der Waals surface area contributed by atoms with Gasteiger partial charge in [-0.25, -0.2) is 0 Å². The molecule has 0 N–H and O–H groups in total. The van der Waals surface area contributed by atoms with Crippen LogP contribution in [0.5, 0.6) is 5.75 Å². The number of pyridine rings is 1. The average Bonchev–Trinajstić information content (AvgIpc) is 2.61. The molecule has 3 rings (SSSR count). The van der Waals surface area contributed by atoms with Crippen LogP contribution in [0.2, 0.25) is 0 Å². The summed E-state index contributed by atoms with van der Waals surface area (Å²) in [6, 6.07) is 21.7. The fourth-order valence-electron chi connectivity index (χ4n) is 2.29. The lowest BCUT2D eigenvalue weighted by Crippen LogP contribution is -1.97. The summed E-state index contributed by atoms with van der Waals surface area (Å²) < 4.78 is 5.86. The number of rotatable bonds is 4. The largest absolute Gasteiger partial charge is 0.488 e. The Kier molecular flexibility index (Phi) is 4.35. The van der Waals surface area contributed by atoms with Crippen LogP contribution in [0.4, 0.5) is 0 Å². The standard InChI is InChI=1S/C20H16N2O/c1-15-7-8-19(13-22-15)17-9-10-18(12-21)20(11-17)23-14-16-5-3-2-4-6-16/h2-11,13H,14H2,1H3. The van der Waals surface area contributed by atoms with Crippen LogP contribution >= 0.6 is 0 Å². The molecule has 112 valence electrons. The number of aromatic nitrogens is 1. The fraction of sp³-hybridized carbons (Fsp3) is 0.100. The van der Waals surface area contributed by atoms with Gasteiger partial charge in [-0.1, -0.05) is 42.5 Å². The number of nitrogens with zero attached hydrogens (tertiary/aromatic N) is 2. The van der Waals surface area contributed by atoms with Crippen molar-refractivity contribution in [1.29, 1.82) is 5.26 Å². The van der Waals surface area contributed by atoms with E-state index < -0.39 is 0 Å². The summed E-state index contributed by atoms with van der Waals surface area (Å²) >= 11 is 0. The van der Waals surface area contributed by atoms with Gasteiger partial charge in [0.2, 0.25) is 0 Å². The van der Waals surface area contributed by atoms with Gasteiger partial charge in [0.05, 0.1) is 5.56 Å². The lowest BCUT2D eigenvalue weighted by molar-refractivity contribution is 0.305. The number of hydrogen-bond acceptors (Lipinski definition) is 3. The van der Waals surface area contributed by atoms with Crippen molar-refractivity contribution in [2.24, 2.45) is 0 Å². The van der Waals surface area contributed by atoms with Gasteiger partial charge in [0.15, 0.2) is 0 Å². The average molecular weight is 300 g/mol. The van der Waals surface area contributed by atoms with Gasteiger partial charge >= 0.3 is 0 Å². The molecule has 0 radical (unpaired) electrons. The van der Waals surface area contributed by atoms with Crippen molar-refractivity contribution in [1.82, 2.24) is 4.98 Å². The molecular weight excluding hydrogens is 284 g/mol. The minimum Gasteiger partial charge on any atom is -0.488 e. The molecule has 0 atom stereocenters. The summed E-state index contributed by atoms with van der Waals surface area (Å²) in [5, 5.41) is 9.27. The number of nitriles is 1. The Morgan fingerprint density at radius 3 is 2.48 bits per heavy atom. The van der Waals surface area contributed by atoms with Gasteiger partial charge < -0.3 is 4.74 Å². The zero-order valence-corrected chi connectivity index (χ0v) is 12.9. The molecule has 23 heavy (non-hydrogen) atoms. The molecule has 0 fully saturated rings. The van der Waals surface area contributed by atoms with Crippen molar-refractivity contribution in [3.63, 3.8) is 0 Å². The van der Waals surface area contributed by atoms with E-state index in [-0.39, 0.29) is 0 Å². The van der Waals surface area contributed by atoms with Crippen LogP contribution in [0.25, 0.3) is 11.1 Å². The second kappa shape index (κ2) is 6.76. The molecule has 0 aliphatic rings. The van der Waals surface area contributed by atoms with E-state index in [1.54, 1.807) is 6.07 Å². The Labute approximate surface area is 135 Å². The molecular formula is C20H16N2O. The third kappa shape index (κ3) is 3.56. The smallest absolute Gasteiger partial charge is 0.138 e. The fourth-order valence-corrected chi connectivity index (χ4v) is 2.29. The molecule has 0 unspecified atom stereocenters. The lowest BCUT2D eigenvalue weighted by Gasteiger charge is -2.10. The summed E-state index contributed by atoms with van der Waals surface area (Å²) in [6.07, 6.45) is 1.83. The van der Waals surface area contributed by atoms with Crippen LogP contribution in [-0.4, -0.2) is 4.98 Å². The third-order valence-electron chi connectivity index (χ3n) is 3.58. The van der Waals surface area contributed by atoms with Crippen molar-refractivity contribution in [2.45, 2.75) is 13.5 Å². The van der Waals surface area contributed by atoms with Crippen LogP contribution < -0.4 is 4.74 Å². The second-order valence-electron chi connectivity index (χ2n) is 5.29. The van der Waals surface area contributed by atoms with Crippen LogP contribution in [0.3, 0.4) is 0 Å². The Balaban J connectivity index is 1.87. The molecule has 1 heterocycles. The normalized spacial score (nSPS) is 10.1. The minimum atomic E-state index is 0.436. The molecule has 0 amide bonds. The molecule has 0 saturated heterocycles. The Bertz CT molecular complexity index is 834. The minimum absolute atomic E-state index is 0.436. The van der Waals surface area contributed by atoms with Crippen LogP contribution in [0.15, 0.2) is 66.9 Å². The Morgan fingerprint density at radius 1 is 1.00 bits per heavy atom. The summed E-state index contributed by atoms with van der Waals surface area (Å²) in [5.41, 5.74) is 4.57. The van der Waals surface area contributed by atoms with E-state index in [0.29, 0.717) is 17.9 Å². The Morgan fingerprint density at radius 2 is 1.78 bits per heavy atom. The van der Waals surface area contributed by atoms with E-state index in [9.17, 15) is 5.26 Å². The summed E-state index contributed by atoms with van der Waals surface area (Å²) in [7, 11) is 0. The first-order valence-electron chi connectivity index (χ1n) is 7.40. The number of hydrogen-bond donors (Lipinski definition) is 0. The number of aryl methyl sites for hydroxylation is 1. The second-order valence-corrected chi connectivity index (χ2v) is 5.29. The molecule has 3 heteroatoms. The predicted octanol–water partition coefficient (Wildman–Crippen LogP) is 4.51. The van der Waals surface area contributed by atoms with E-state index in [2.05, 4.69) is 11.1 Å². The van der Waals surface area contributed by atoms with Gasteiger partial charge in [-0.15, -0.1) is 0 Å². The van der Waals surface area contributed by atoms with E-state index >= 15 is 0 Å². The summed E-state index contributed by atoms with van der Waals surface area (Å²) in [4.78, 5) is 4.32. The van der Waals surface area contributed by atoms with Crippen molar-refractivity contribution < 1.29 is 4.74 Å². The first-order valence-corrected chi connectivity index (χ1v) is 7.40. The van der Waals surface area contributed by atoms with Gasteiger partial charge in [-0.05, 0) is 36.2 Å². The monoisotopic (exact) mass is 300 g/mol. The molecule has 0 aliphatic carbocycles. The zero-order chi connectivity index (χ0) is 16.1. The highest BCUT2D eigenvalue weighted by molar-refractivity contribution is 5.66. The van der Waals surface area contributed by atoms with Gasteiger partial charge in [0.1, 0.15) is 18.4 Å².